The van der Waals surface area contributed by atoms with Crippen molar-refractivity contribution in [2.24, 2.45) is 0 Å². The molecule has 0 aromatic heterocycles. The monoisotopic (exact) mass is 1110 g/mol. The number of benzene rings is 3. The molecule has 4 unspecified atom stereocenters. The van der Waals surface area contributed by atoms with E-state index in [2.05, 4.69) is 10.1 Å². The van der Waals surface area contributed by atoms with Gasteiger partial charge in [0.15, 0.2) is 11.2 Å². The number of carboxylic acid groups (broad SMARTS) is 2. The van der Waals surface area contributed by atoms with Crippen LogP contribution in [0.25, 0.3) is 0 Å². The Labute approximate surface area is 481 Å². The van der Waals surface area contributed by atoms with E-state index in [-0.39, 0.29) is 65.6 Å². The summed E-state index contributed by atoms with van der Waals surface area (Å²) in [6, 6.07) is -1.33. The molecule has 6 aliphatic heterocycles. The van der Waals surface area contributed by atoms with Crippen LogP contribution in [-0.2, 0) is 57.5 Å². The van der Waals surface area contributed by atoms with E-state index < -0.39 is 40.8 Å². The molecular formula is C59H82LiN3O17. The zero-order valence-corrected chi connectivity index (χ0v) is 49.4. The van der Waals surface area contributed by atoms with E-state index in [0.29, 0.717) is 93.9 Å². The van der Waals surface area contributed by atoms with E-state index in [1.807, 2.05) is 62.3 Å². The van der Waals surface area contributed by atoms with E-state index in [4.69, 9.17) is 18.9 Å². The molecule has 80 heavy (non-hydrogen) atoms. The SMILES string of the molecule is COC(=O)C1CCCN1.COC(=O)[C@@H]1CCCN1C(=O)C1(C)CCc2c(C)c(O)c(C)c(C)c2O1.Cc1c(C)c2c(c(C)c1O)CCC(C)(C(=O)N1CCC[C@H]1C(=O)O)O2.Cc1c(C)c2c(c(C)c1O)CCC(C)(C(=O)O)O2.[Li+].[OH-]. The number of carbonyl (C=O) groups is 6. The first-order chi connectivity index (χ1) is 36.5. The molecule has 0 aliphatic carbocycles. The predicted octanol–water partition coefficient (Wildman–Crippen LogP) is 4.27. The van der Waals surface area contributed by atoms with Gasteiger partial charge in [0, 0.05) is 49.0 Å². The third-order valence-electron chi connectivity index (χ3n) is 17.2. The number of rotatable bonds is 6. The number of amides is 2. The number of esters is 2. The Balaban J connectivity index is 0.000000239. The van der Waals surface area contributed by atoms with E-state index in [0.717, 1.165) is 92.6 Å². The standard InChI is InChI=1S/C20H27NO5.C19H25NO5.C14H18O4.C6H11NO2.Li.H2O/c1-11-12(2)17-14(13(3)16(11)22)8-9-20(4,26-17)19(24)21-10-6-7-15(21)18(23)25-5;1-10-11(2)16-13(12(3)15(10)21)7-8-19(4,25-16)18(24)20-9-5-6-14(20)17(22)23;1-7-8(2)12-10(9(3)11(7)15)5-6-14(4,18-12)13(16)17;1-9-6(8)5-3-2-4-7-5;;/h15,22H,6-10H2,1-5H3;14,21H,5-9H2,1-4H3,(H,22,23);15H,5-6H2,1-4H3,(H,16,17);5,7H,2-4H2,1H3;;1H2/q;;;;+1;/p-1/t15-,20?;14-,19?;;;;/m00..../s1. The quantitative estimate of drug-likeness (QED) is 0.148. The Morgan fingerprint density at radius 1 is 0.512 bits per heavy atom. The molecule has 20 nitrogen and oxygen atoms in total. The number of methoxy groups -OCH3 is 2. The topological polar surface area (TPSA) is 298 Å². The van der Waals surface area contributed by atoms with Crippen molar-refractivity contribution < 1.29 is 102 Å². The second-order valence-electron chi connectivity index (χ2n) is 22.2. The van der Waals surface area contributed by atoms with Gasteiger partial charge in [-0.05, 0) is 197 Å². The number of phenolic OH excluding ortho intramolecular Hbond substituents is 3. The van der Waals surface area contributed by atoms with Crippen LogP contribution in [0.4, 0.5) is 0 Å². The largest absolute Gasteiger partial charge is 1.00 e. The predicted molar refractivity (Wildman–Crippen MR) is 291 cm³/mol. The van der Waals surface area contributed by atoms with Crippen LogP contribution in [0.3, 0.4) is 0 Å². The zero-order chi connectivity index (χ0) is 58.1. The molecule has 0 bridgehead atoms. The third-order valence-corrected chi connectivity index (χ3v) is 17.2. The minimum absolute atomic E-state index is 0. The molecule has 7 N–H and O–H groups in total. The minimum atomic E-state index is -1.17. The van der Waals surface area contributed by atoms with E-state index in [1.54, 1.807) is 25.7 Å². The van der Waals surface area contributed by atoms with Crippen LogP contribution in [0, 0.1) is 62.3 Å². The van der Waals surface area contributed by atoms with Gasteiger partial charge in [0.1, 0.15) is 52.6 Å². The molecule has 6 heterocycles. The maximum Gasteiger partial charge on any atom is 1.00 e. The Kier molecular flexibility index (Phi) is 21.7. The molecule has 6 aliphatic rings. The summed E-state index contributed by atoms with van der Waals surface area (Å²) in [6.07, 6.45) is 7.84. The van der Waals surface area contributed by atoms with Gasteiger partial charge in [-0.25, -0.2) is 14.4 Å². The number of phenols is 3. The van der Waals surface area contributed by atoms with Crippen molar-refractivity contribution in [3.8, 4) is 34.5 Å². The van der Waals surface area contributed by atoms with Crippen molar-refractivity contribution in [2.75, 3.05) is 33.9 Å². The molecular weight excluding hydrogens is 1030 g/mol. The summed E-state index contributed by atoms with van der Waals surface area (Å²) < 4.78 is 27.5. The van der Waals surface area contributed by atoms with Crippen molar-refractivity contribution in [3.05, 3.63) is 66.8 Å². The van der Waals surface area contributed by atoms with Gasteiger partial charge in [-0.3, -0.25) is 14.4 Å². The summed E-state index contributed by atoms with van der Waals surface area (Å²) in [6.45, 7) is 23.8. The Hall–Kier alpha value is -6.20. The van der Waals surface area contributed by atoms with Gasteiger partial charge in [-0.1, -0.05) is 0 Å². The summed E-state index contributed by atoms with van der Waals surface area (Å²) in [7, 11) is 2.77. The summed E-state index contributed by atoms with van der Waals surface area (Å²) in [5.74, 6) is -0.0113. The average Bonchev–Trinajstić information content (AvgIpc) is 4.29. The molecule has 9 rings (SSSR count). The summed E-state index contributed by atoms with van der Waals surface area (Å²) in [5.41, 5.74) is 6.71. The number of hydrogen-bond donors (Lipinski definition) is 6. The number of likely N-dealkylation sites (tertiary alicyclic amines) is 2. The van der Waals surface area contributed by atoms with Crippen molar-refractivity contribution >= 4 is 35.7 Å². The van der Waals surface area contributed by atoms with Gasteiger partial charge in [0.25, 0.3) is 11.8 Å². The van der Waals surface area contributed by atoms with Crippen molar-refractivity contribution in [3.63, 3.8) is 0 Å². The fourth-order valence-electron chi connectivity index (χ4n) is 11.5. The maximum absolute atomic E-state index is 13.3. The Morgan fingerprint density at radius 3 is 1.20 bits per heavy atom. The molecule has 21 heteroatoms. The van der Waals surface area contributed by atoms with Crippen LogP contribution < -0.4 is 38.4 Å². The average molecular weight is 1110 g/mol. The first-order valence-electron chi connectivity index (χ1n) is 27.0. The van der Waals surface area contributed by atoms with Crippen molar-refractivity contribution in [1.82, 2.24) is 15.1 Å². The van der Waals surface area contributed by atoms with Gasteiger partial charge in [0.05, 0.1) is 14.2 Å². The van der Waals surface area contributed by atoms with Crippen molar-refractivity contribution in [2.45, 2.75) is 195 Å². The van der Waals surface area contributed by atoms with Crippen LogP contribution in [0.15, 0.2) is 0 Å². The molecule has 0 saturated carbocycles. The molecule has 3 saturated heterocycles. The number of fused-ring (bicyclic) bond motifs is 3. The maximum atomic E-state index is 13.3. The van der Waals surface area contributed by atoms with Crippen LogP contribution in [-0.4, -0.2) is 145 Å². The van der Waals surface area contributed by atoms with Crippen molar-refractivity contribution in [1.29, 1.82) is 0 Å². The zero-order valence-electron chi connectivity index (χ0n) is 49.4. The van der Waals surface area contributed by atoms with E-state index in [9.17, 15) is 54.3 Å². The van der Waals surface area contributed by atoms with Gasteiger partial charge >= 0.3 is 42.7 Å². The summed E-state index contributed by atoms with van der Waals surface area (Å²) in [5, 5.41) is 52.2. The van der Waals surface area contributed by atoms with Gasteiger partial charge in [0.2, 0.25) is 5.60 Å². The number of nitrogens with one attached hydrogen (secondary N) is 1. The molecule has 2 amide bonds. The Morgan fingerprint density at radius 2 is 0.863 bits per heavy atom. The molecule has 0 spiro atoms. The van der Waals surface area contributed by atoms with Crippen LogP contribution >= 0.6 is 0 Å². The number of aliphatic carboxylic acids is 2. The van der Waals surface area contributed by atoms with Crippen LogP contribution in [0.1, 0.15) is 145 Å². The van der Waals surface area contributed by atoms with Gasteiger partial charge in [-0.2, -0.15) is 0 Å². The smallest absolute Gasteiger partial charge is 0.870 e. The second kappa shape index (κ2) is 26.1. The molecule has 3 fully saturated rings. The van der Waals surface area contributed by atoms with Crippen LogP contribution in [0.5, 0.6) is 34.5 Å². The fourth-order valence-corrected chi connectivity index (χ4v) is 11.5. The number of hydrogen-bond acceptors (Lipinski definition) is 16. The van der Waals surface area contributed by atoms with E-state index >= 15 is 0 Å². The number of ether oxygens (including phenoxy) is 5. The minimum Gasteiger partial charge on any atom is -0.870 e. The number of aromatic hydroxyl groups is 3. The Bertz CT molecular complexity index is 2880. The van der Waals surface area contributed by atoms with E-state index in [1.165, 1.54) is 19.1 Å². The van der Waals surface area contributed by atoms with Gasteiger partial charge < -0.3 is 69.8 Å². The molecule has 3 aromatic rings. The number of nitrogens with zero attached hydrogens (tertiary/aromatic N) is 2. The third kappa shape index (κ3) is 12.8. The van der Waals surface area contributed by atoms with Crippen LogP contribution in [0.2, 0.25) is 0 Å². The molecule has 0 radical (unpaired) electrons. The number of carbonyl (C=O) groups excluding carboxylic acids is 4. The fraction of sp³-hybridized carbons (Fsp3) is 0.593. The molecule has 6 atom stereocenters. The normalized spacial score (nSPS) is 23.9. The number of carboxylic acids is 2. The van der Waals surface area contributed by atoms with Gasteiger partial charge in [-0.15, -0.1) is 0 Å². The molecule has 436 valence electrons. The first-order valence-corrected chi connectivity index (χ1v) is 27.0. The second-order valence-corrected chi connectivity index (χ2v) is 22.2. The summed E-state index contributed by atoms with van der Waals surface area (Å²) in [4.78, 5) is 74.8. The summed E-state index contributed by atoms with van der Waals surface area (Å²) >= 11 is 0. The first kappa shape index (κ1) is 66.3. The molecule has 3 aromatic carbocycles.